The number of nitrogens with zero attached hydrogens (tertiary/aromatic N) is 3. The molecule has 1 aliphatic rings. The fraction of sp³-hybridized carbons (Fsp3) is 0.227. The van der Waals surface area contributed by atoms with Crippen molar-refractivity contribution in [2.24, 2.45) is 0 Å². The van der Waals surface area contributed by atoms with Gasteiger partial charge in [-0.1, -0.05) is 11.6 Å². The monoisotopic (exact) mass is 438 g/mol. The standard InChI is InChI=1S/C22H23ClN6O2/c1-15-14-20(28-21(24-15)29-10-12-31-13-11-29)25-17-6-8-19(9-7-17)27-22(30)26-18-4-2-16(23)3-5-18/h2-9,14H,10-13H2,1H3,(H,24,25,28)(H2,26,27,30). The third-order valence-electron chi connectivity index (χ3n) is 4.65. The Kier molecular flexibility index (Phi) is 6.49. The molecule has 0 atom stereocenters. The maximum absolute atomic E-state index is 12.2. The van der Waals surface area contributed by atoms with E-state index in [4.69, 9.17) is 16.3 Å². The van der Waals surface area contributed by atoms with Crippen molar-refractivity contribution in [1.82, 2.24) is 9.97 Å². The third-order valence-corrected chi connectivity index (χ3v) is 4.91. The molecule has 3 aromatic rings. The molecule has 160 valence electrons. The topological polar surface area (TPSA) is 91.4 Å². The van der Waals surface area contributed by atoms with E-state index in [1.165, 1.54) is 0 Å². The van der Waals surface area contributed by atoms with Gasteiger partial charge in [0.15, 0.2) is 0 Å². The summed E-state index contributed by atoms with van der Waals surface area (Å²) in [5.74, 6) is 1.41. The number of carbonyl (C=O) groups excluding carboxylic acids is 1. The number of benzene rings is 2. The van der Waals surface area contributed by atoms with E-state index in [0.29, 0.717) is 35.6 Å². The maximum atomic E-state index is 12.2. The summed E-state index contributed by atoms with van der Waals surface area (Å²) < 4.78 is 5.40. The number of hydrogen-bond donors (Lipinski definition) is 3. The van der Waals surface area contributed by atoms with Gasteiger partial charge in [-0.3, -0.25) is 0 Å². The molecule has 0 aliphatic carbocycles. The summed E-state index contributed by atoms with van der Waals surface area (Å²) in [5, 5.41) is 9.48. The molecule has 2 amide bonds. The van der Waals surface area contributed by atoms with E-state index in [1.54, 1.807) is 24.3 Å². The van der Waals surface area contributed by atoms with Crippen LogP contribution in [0.2, 0.25) is 5.02 Å². The smallest absolute Gasteiger partial charge is 0.323 e. The number of carbonyl (C=O) groups is 1. The average molecular weight is 439 g/mol. The molecule has 0 spiro atoms. The summed E-state index contributed by atoms with van der Waals surface area (Å²) in [6.07, 6.45) is 0. The van der Waals surface area contributed by atoms with Crippen LogP contribution in [0.3, 0.4) is 0 Å². The van der Waals surface area contributed by atoms with Crippen molar-refractivity contribution in [2.75, 3.05) is 47.2 Å². The first kappa shape index (κ1) is 20.9. The Morgan fingerprint density at radius 1 is 0.935 bits per heavy atom. The first-order chi connectivity index (χ1) is 15.0. The van der Waals surface area contributed by atoms with Crippen molar-refractivity contribution in [3.63, 3.8) is 0 Å². The van der Waals surface area contributed by atoms with Crippen molar-refractivity contribution < 1.29 is 9.53 Å². The summed E-state index contributed by atoms with van der Waals surface area (Å²) in [6.45, 7) is 4.87. The second-order valence-electron chi connectivity index (χ2n) is 7.08. The molecule has 4 rings (SSSR count). The number of morpholine rings is 1. The lowest BCUT2D eigenvalue weighted by Gasteiger charge is -2.27. The van der Waals surface area contributed by atoms with Gasteiger partial charge in [0.25, 0.3) is 0 Å². The molecule has 3 N–H and O–H groups in total. The molecule has 1 aromatic heterocycles. The van der Waals surface area contributed by atoms with Crippen LogP contribution in [0.15, 0.2) is 54.6 Å². The van der Waals surface area contributed by atoms with Crippen LogP contribution in [0, 0.1) is 6.92 Å². The zero-order valence-electron chi connectivity index (χ0n) is 17.1. The van der Waals surface area contributed by atoms with Gasteiger partial charge in [0, 0.05) is 46.9 Å². The van der Waals surface area contributed by atoms with Crippen molar-refractivity contribution in [1.29, 1.82) is 0 Å². The fourth-order valence-corrected chi connectivity index (χ4v) is 3.26. The van der Waals surface area contributed by atoms with Gasteiger partial charge in [-0.15, -0.1) is 0 Å². The fourth-order valence-electron chi connectivity index (χ4n) is 3.13. The number of aromatic nitrogens is 2. The van der Waals surface area contributed by atoms with Crippen molar-refractivity contribution in [2.45, 2.75) is 6.92 Å². The summed E-state index contributed by atoms with van der Waals surface area (Å²) >= 11 is 5.86. The number of anilines is 5. The molecule has 2 aromatic carbocycles. The molecule has 0 radical (unpaired) electrons. The lowest BCUT2D eigenvalue weighted by Crippen LogP contribution is -2.37. The van der Waals surface area contributed by atoms with E-state index < -0.39 is 0 Å². The van der Waals surface area contributed by atoms with Gasteiger partial charge in [-0.05, 0) is 55.5 Å². The molecular weight excluding hydrogens is 416 g/mol. The predicted molar refractivity (Wildman–Crippen MR) is 124 cm³/mol. The largest absolute Gasteiger partial charge is 0.378 e. The SMILES string of the molecule is Cc1cc(Nc2ccc(NC(=O)Nc3ccc(Cl)cc3)cc2)nc(N2CCOCC2)n1. The Balaban J connectivity index is 1.37. The first-order valence-corrected chi connectivity index (χ1v) is 10.3. The van der Waals surface area contributed by atoms with Crippen molar-refractivity contribution in [3.8, 4) is 0 Å². The number of nitrogens with one attached hydrogen (secondary N) is 3. The minimum absolute atomic E-state index is 0.329. The number of urea groups is 1. The van der Waals surface area contributed by atoms with Crippen LogP contribution in [0.1, 0.15) is 5.69 Å². The molecule has 31 heavy (non-hydrogen) atoms. The number of halogens is 1. The second kappa shape index (κ2) is 9.63. The average Bonchev–Trinajstić information content (AvgIpc) is 2.77. The summed E-state index contributed by atoms with van der Waals surface area (Å²) in [6, 6.07) is 15.9. The first-order valence-electron chi connectivity index (χ1n) is 9.94. The van der Waals surface area contributed by atoms with Crippen LogP contribution >= 0.6 is 11.6 Å². The van der Waals surface area contributed by atoms with E-state index in [-0.39, 0.29) is 6.03 Å². The van der Waals surface area contributed by atoms with Gasteiger partial charge in [0.2, 0.25) is 5.95 Å². The maximum Gasteiger partial charge on any atom is 0.323 e. The van der Waals surface area contributed by atoms with Crippen LogP contribution in [0.5, 0.6) is 0 Å². The predicted octanol–water partition coefficient (Wildman–Crippen LogP) is 4.66. The van der Waals surface area contributed by atoms with E-state index >= 15 is 0 Å². The summed E-state index contributed by atoms with van der Waals surface area (Å²) in [7, 11) is 0. The molecule has 9 heteroatoms. The Labute approximate surface area is 185 Å². The summed E-state index contributed by atoms with van der Waals surface area (Å²) in [5.41, 5.74) is 3.08. The van der Waals surface area contributed by atoms with Gasteiger partial charge in [-0.25, -0.2) is 9.78 Å². The van der Waals surface area contributed by atoms with E-state index in [1.807, 2.05) is 37.3 Å². The van der Waals surface area contributed by atoms with Crippen LogP contribution < -0.4 is 20.9 Å². The molecule has 1 fully saturated rings. The van der Waals surface area contributed by atoms with E-state index in [0.717, 1.165) is 30.3 Å². The van der Waals surface area contributed by atoms with E-state index in [9.17, 15) is 4.79 Å². The molecule has 0 bridgehead atoms. The van der Waals surface area contributed by atoms with Gasteiger partial charge in [-0.2, -0.15) is 4.98 Å². The highest BCUT2D eigenvalue weighted by Gasteiger charge is 2.15. The molecule has 1 saturated heterocycles. The Morgan fingerprint density at radius 2 is 1.52 bits per heavy atom. The molecular formula is C22H23ClN6O2. The number of rotatable bonds is 5. The molecule has 0 unspecified atom stereocenters. The van der Waals surface area contributed by atoms with Crippen LogP contribution in [-0.4, -0.2) is 42.3 Å². The minimum atomic E-state index is -0.329. The zero-order chi connectivity index (χ0) is 21.6. The normalized spacial score (nSPS) is 13.5. The Morgan fingerprint density at radius 3 is 2.16 bits per heavy atom. The highest BCUT2D eigenvalue weighted by atomic mass is 35.5. The summed E-state index contributed by atoms with van der Waals surface area (Å²) in [4.78, 5) is 23.5. The molecule has 8 nitrogen and oxygen atoms in total. The number of hydrogen-bond acceptors (Lipinski definition) is 6. The molecule has 2 heterocycles. The van der Waals surface area contributed by atoms with Gasteiger partial charge in [0.05, 0.1) is 13.2 Å². The highest BCUT2D eigenvalue weighted by Crippen LogP contribution is 2.21. The van der Waals surface area contributed by atoms with Gasteiger partial charge < -0.3 is 25.6 Å². The molecule has 0 saturated carbocycles. The zero-order valence-corrected chi connectivity index (χ0v) is 17.8. The Bertz CT molecular complexity index is 1040. The van der Waals surface area contributed by atoms with Crippen molar-refractivity contribution in [3.05, 3.63) is 65.3 Å². The quantitative estimate of drug-likeness (QED) is 0.536. The highest BCUT2D eigenvalue weighted by molar-refractivity contribution is 6.30. The lowest BCUT2D eigenvalue weighted by atomic mass is 10.2. The third kappa shape index (κ3) is 5.84. The van der Waals surface area contributed by atoms with E-state index in [2.05, 4.69) is 30.8 Å². The van der Waals surface area contributed by atoms with Crippen LogP contribution in [0.25, 0.3) is 0 Å². The van der Waals surface area contributed by atoms with Crippen LogP contribution in [-0.2, 0) is 4.74 Å². The molecule has 1 aliphatic heterocycles. The second-order valence-corrected chi connectivity index (χ2v) is 7.52. The van der Waals surface area contributed by atoms with Gasteiger partial charge >= 0.3 is 6.03 Å². The Hall–Kier alpha value is -3.36. The lowest BCUT2D eigenvalue weighted by molar-refractivity contribution is 0.122. The van der Waals surface area contributed by atoms with Crippen molar-refractivity contribution >= 4 is 46.5 Å². The van der Waals surface area contributed by atoms with Crippen LogP contribution in [0.4, 0.5) is 33.6 Å². The number of amides is 2. The van der Waals surface area contributed by atoms with Gasteiger partial charge in [0.1, 0.15) is 5.82 Å². The number of aryl methyl sites for hydroxylation is 1. The number of ether oxygens (including phenoxy) is 1. The minimum Gasteiger partial charge on any atom is -0.378 e.